The number of allylic oxidation sites excluding steroid dienone is 2. The number of halogens is 1. The van der Waals surface area contributed by atoms with Crippen molar-refractivity contribution >= 4 is 23.2 Å². The summed E-state index contributed by atoms with van der Waals surface area (Å²) in [5.41, 5.74) is 5.12. The predicted molar refractivity (Wildman–Crippen MR) is 147 cm³/mol. The van der Waals surface area contributed by atoms with Gasteiger partial charge in [0.2, 0.25) is 0 Å². The molecule has 0 spiro atoms. The molecule has 0 saturated carbocycles. The quantitative estimate of drug-likeness (QED) is 0.400. The summed E-state index contributed by atoms with van der Waals surface area (Å²) >= 11 is 6.21. The van der Waals surface area contributed by atoms with Crippen molar-refractivity contribution < 1.29 is 14.3 Å². The largest absolute Gasteiger partial charge is 0.497 e. The van der Waals surface area contributed by atoms with Crippen molar-refractivity contribution in [3.63, 3.8) is 0 Å². The third kappa shape index (κ3) is 4.52. The Kier molecular flexibility index (Phi) is 6.14. The van der Waals surface area contributed by atoms with E-state index >= 15 is 0 Å². The van der Waals surface area contributed by atoms with Crippen LogP contribution in [-0.2, 0) is 10.2 Å². The zero-order valence-corrected chi connectivity index (χ0v) is 23.3. The van der Waals surface area contributed by atoms with E-state index < -0.39 is 0 Å². The topological polar surface area (TPSA) is 65.4 Å². The number of fused-ring (bicyclic) bond motifs is 1. The number of Topliss-reactive ketones (excluding diaryl/α,β-unsaturated/α-hetero) is 1. The van der Waals surface area contributed by atoms with E-state index in [1.165, 1.54) is 0 Å². The number of rotatable bonds is 4. The van der Waals surface area contributed by atoms with Gasteiger partial charge in [-0.2, -0.15) is 5.10 Å². The number of hydrogen-bond acceptors (Lipinski definition) is 5. The molecule has 2 aliphatic rings. The van der Waals surface area contributed by atoms with Gasteiger partial charge in [-0.25, -0.2) is 4.68 Å². The number of anilines is 1. The lowest BCUT2D eigenvalue weighted by Crippen LogP contribution is -2.34. The van der Waals surface area contributed by atoms with Crippen LogP contribution in [0.1, 0.15) is 70.2 Å². The zero-order chi connectivity index (χ0) is 26.7. The van der Waals surface area contributed by atoms with Gasteiger partial charge in [-0.05, 0) is 53.8 Å². The van der Waals surface area contributed by atoms with Crippen LogP contribution in [0.25, 0.3) is 5.69 Å². The second-order valence-electron chi connectivity index (χ2n) is 11.8. The Morgan fingerprint density at radius 3 is 2.22 bits per heavy atom. The zero-order valence-electron chi connectivity index (χ0n) is 22.5. The number of carbonyl (C=O) groups is 1. The smallest absolute Gasteiger partial charge is 0.162 e. The Labute approximate surface area is 223 Å². The molecule has 6 nitrogen and oxygen atoms in total. The number of nitrogens with zero attached hydrogens (tertiary/aromatic N) is 2. The van der Waals surface area contributed by atoms with E-state index in [9.17, 15) is 4.79 Å². The standard InChI is InChI=1S/C30H34ClN3O3/c1-29(2,3)27-26-24(17-12-20(36-6)14-21(13-17)37-7)25-22(15-30(4,5)16-23(25)35)32-28(26)34(33-27)19-10-8-18(31)9-11-19/h8-14,24,32H,15-16H2,1-7H3. The summed E-state index contributed by atoms with van der Waals surface area (Å²) in [5, 5.41) is 9.50. The molecule has 5 rings (SSSR count). The lowest BCUT2D eigenvalue weighted by Gasteiger charge is -2.39. The summed E-state index contributed by atoms with van der Waals surface area (Å²) in [6.07, 6.45) is 1.26. The molecule has 0 amide bonds. The summed E-state index contributed by atoms with van der Waals surface area (Å²) in [7, 11) is 3.29. The Bertz CT molecular complexity index is 1390. The molecule has 0 radical (unpaired) electrons. The van der Waals surface area contributed by atoms with Crippen LogP contribution in [0, 0.1) is 5.41 Å². The van der Waals surface area contributed by atoms with Crippen molar-refractivity contribution in [2.24, 2.45) is 5.41 Å². The van der Waals surface area contributed by atoms with Gasteiger partial charge in [-0.15, -0.1) is 0 Å². The Hall–Kier alpha value is -3.25. The molecule has 0 fully saturated rings. The van der Waals surface area contributed by atoms with Crippen LogP contribution < -0.4 is 14.8 Å². The van der Waals surface area contributed by atoms with Gasteiger partial charge in [0, 0.05) is 45.7 Å². The highest BCUT2D eigenvalue weighted by molar-refractivity contribution is 6.30. The number of ketones is 1. The minimum Gasteiger partial charge on any atom is -0.497 e. The van der Waals surface area contributed by atoms with E-state index in [0.29, 0.717) is 22.9 Å². The minimum atomic E-state index is -0.311. The van der Waals surface area contributed by atoms with E-state index in [2.05, 4.69) is 39.9 Å². The summed E-state index contributed by atoms with van der Waals surface area (Å²) in [4.78, 5) is 13.8. The van der Waals surface area contributed by atoms with Gasteiger partial charge < -0.3 is 14.8 Å². The Morgan fingerprint density at radius 2 is 1.65 bits per heavy atom. The lowest BCUT2D eigenvalue weighted by atomic mass is 9.68. The molecule has 1 aliphatic heterocycles. The molecule has 1 aromatic heterocycles. The van der Waals surface area contributed by atoms with Crippen LogP contribution in [-0.4, -0.2) is 29.8 Å². The number of aromatic nitrogens is 2. The molecule has 2 heterocycles. The first-order valence-electron chi connectivity index (χ1n) is 12.6. The van der Waals surface area contributed by atoms with Crippen molar-refractivity contribution in [3.8, 4) is 17.2 Å². The maximum Gasteiger partial charge on any atom is 0.162 e. The summed E-state index contributed by atoms with van der Waals surface area (Å²) in [6.45, 7) is 10.8. The predicted octanol–water partition coefficient (Wildman–Crippen LogP) is 7.04. The van der Waals surface area contributed by atoms with Gasteiger partial charge >= 0.3 is 0 Å². The number of benzene rings is 2. The number of ether oxygens (including phenoxy) is 2. The molecule has 2 aromatic carbocycles. The van der Waals surface area contributed by atoms with Crippen LogP contribution in [0.4, 0.5) is 5.82 Å². The molecular weight excluding hydrogens is 486 g/mol. The van der Waals surface area contributed by atoms with Crippen LogP contribution in [0.3, 0.4) is 0 Å². The number of methoxy groups -OCH3 is 2. The fourth-order valence-electron chi connectivity index (χ4n) is 5.54. The fraction of sp³-hybridized carbons (Fsp3) is 0.400. The summed E-state index contributed by atoms with van der Waals surface area (Å²) in [5.74, 6) is 2.10. The SMILES string of the molecule is COc1cc(OC)cc(C2C3=C(CC(C)(C)CC3=O)Nc3c2c(C(C)(C)C)nn3-c2ccc(Cl)cc2)c1. The number of hydrogen-bond donors (Lipinski definition) is 1. The molecule has 7 heteroatoms. The van der Waals surface area contributed by atoms with Gasteiger partial charge in [-0.3, -0.25) is 4.79 Å². The first-order chi connectivity index (χ1) is 17.4. The van der Waals surface area contributed by atoms with E-state index in [0.717, 1.165) is 46.0 Å². The van der Waals surface area contributed by atoms with E-state index in [-0.39, 0.29) is 22.5 Å². The van der Waals surface area contributed by atoms with Crippen molar-refractivity contribution in [2.75, 3.05) is 19.5 Å². The average Bonchev–Trinajstić information content (AvgIpc) is 3.21. The normalized spacial score (nSPS) is 18.7. The maximum absolute atomic E-state index is 13.8. The molecule has 0 bridgehead atoms. The van der Waals surface area contributed by atoms with Crippen LogP contribution in [0.2, 0.25) is 5.02 Å². The maximum atomic E-state index is 13.8. The molecule has 37 heavy (non-hydrogen) atoms. The van der Waals surface area contributed by atoms with E-state index in [4.69, 9.17) is 26.2 Å². The second kappa shape index (κ2) is 8.95. The van der Waals surface area contributed by atoms with Gasteiger partial charge in [0.1, 0.15) is 17.3 Å². The highest BCUT2D eigenvalue weighted by atomic mass is 35.5. The number of carbonyl (C=O) groups excluding carboxylic acids is 1. The van der Waals surface area contributed by atoms with Crippen LogP contribution in [0.5, 0.6) is 11.5 Å². The molecule has 0 saturated heterocycles. The molecule has 1 atom stereocenters. The Morgan fingerprint density at radius 1 is 1.03 bits per heavy atom. The van der Waals surface area contributed by atoms with Crippen molar-refractivity contribution in [3.05, 3.63) is 75.6 Å². The lowest BCUT2D eigenvalue weighted by molar-refractivity contribution is -0.118. The third-order valence-corrected chi connectivity index (χ3v) is 7.43. The van der Waals surface area contributed by atoms with Crippen molar-refractivity contribution in [1.82, 2.24) is 9.78 Å². The van der Waals surface area contributed by atoms with Gasteiger partial charge in [0.25, 0.3) is 0 Å². The molecular formula is C30H34ClN3O3. The second-order valence-corrected chi connectivity index (χ2v) is 12.2. The molecule has 3 aromatic rings. The number of nitrogens with one attached hydrogen (secondary N) is 1. The van der Waals surface area contributed by atoms with Crippen molar-refractivity contribution in [1.29, 1.82) is 0 Å². The third-order valence-electron chi connectivity index (χ3n) is 7.18. The summed E-state index contributed by atoms with van der Waals surface area (Å²) < 4.78 is 13.2. The van der Waals surface area contributed by atoms with Crippen molar-refractivity contribution in [2.45, 2.75) is 58.8 Å². The van der Waals surface area contributed by atoms with Gasteiger partial charge in [0.15, 0.2) is 5.78 Å². The highest BCUT2D eigenvalue weighted by Crippen LogP contribution is 2.52. The molecule has 1 aliphatic carbocycles. The highest BCUT2D eigenvalue weighted by Gasteiger charge is 2.45. The minimum absolute atomic E-state index is 0.144. The van der Waals surface area contributed by atoms with E-state index in [1.54, 1.807) is 14.2 Å². The van der Waals surface area contributed by atoms with Crippen LogP contribution in [0.15, 0.2) is 53.7 Å². The fourth-order valence-corrected chi connectivity index (χ4v) is 5.67. The Balaban J connectivity index is 1.84. The molecule has 194 valence electrons. The summed E-state index contributed by atoms with van der Waals surface area (Å²) in [6, 6.07) is 13.5. The van der Waals surface area contributed by atoms with Crippen LogP contribution >= 0.6 is 11.6 Å². The first kappa shape index (κ1) is 25.4. The molecule has 1 N–H and O–H groups in total. The molecule has 1 unspecified atom stereocenters. The average molecular weight is 520 g/mol. The van der Waals surface area contributed by atoms with Gasteiger partial charge in [0.05, 0.1) is 25.6 Å². The monoisotopic (exact) mass is 519 g/mol. The first-order valence-corrected chi connectivity index (χ1v) is 13.0. The van der Waals surface area contributed by atoms with Gasteiger partial charge in [-0.1, -0.05) is 46.2 Å². The van der Waals surface area contributed by atoms with E-state index in [1.807, 2.05) is 47.1 Å².